The maximum Gasteiger partial charge on any atom is -0.00111 e. The SMILES string of the molecule is CC(C)c1cc(C(C)C)c2cc(C(C)C)c3ccc4c(C(C)C)ccc5c4c3c2c1-5. The molecule has 0 saturated carbocycles. The van der Waals surface area contributed by atoms with E-state index < -0.39 is 0 Å². The number of hydrogen-bond donors (Lipinski definition) is 0. The summed E-state index contributed by atoms with van der Waals surface area (Å²) in [4.78, 5) is 0. The zero-order valence-corrected chi connectivity index (χ0v) is 19.8. The van der Waals surface area contributed by atoms with Crippen LogP contribution in [0.3, 0.4) is 0 Å². The Hall–Kier alpha value is -2.34. The summed E-state index contributed by atoms with van der Waals surface area (Å²) in [6, 6.07) is 14.7. The maximum absolute atomic E-state index is 2.52. The molecule has 0 fully saturated rings. The molecule has 0 radical (unpaired) electrons. The van der Waals surface area contributed by atoms with E-state index in [2.05, 4.69) is 91.8 Å². The van der Waals surface area contributed by atoms with Crippen LogP contribution in [0.4, 0.5) is 0 Å². The van der Waals surface area contributed by atoms with Crippen molar-refractivity contribution in [2.75, 3.05) is 0 Å². The average Bonchev–Trinajstić information content (AvgIpc) is 3.03. The first kappa shape index (κ1) is 19.6. The standard InChI is InChI=1S/C30H34/c1-15(2)19-9-12-22-27-20(19)10-11-21-23(16(3)4)14-26-24(17(5)6)13-25(18(7)8)28(22)30(26)29(21)27/h9-18H,1-8H3. The normalized spacial score (nSPS) is 13.2. The van der Waals surface area contributed by atoms with Crippen LogP contribution in [-0.2, 0) is 0 Å². The molecule has 0 saturated heterocycles. The van der Waals surface area contributed by atoms with Gasteiger partial charge in [0.15, 0.2) is 0 Å². The van der Waals surface area contributed by atoms with Crippen molar-refractivity contribution in [2.24, 2.45) is 0 Å². The lowest BCUT2D eigenvalue weighted by Gasteiger charge is -2.21. The summed E-state index contributed by atoms with van der Waals surface area (Å²) in [6.45, 7) is 18.7. The molecule has 5 rings (SSSR count). The first-order valence-corrected chi connectivity index (χ1v) is 11.7. The minimum Gasteiger partial charge on any atom is -0.0587 e. The number of fused-ring (bicyclic) bond motifs is 1. The van der Waals surface area contributed by atoms with Gasteiger partial charge in [0.25, 0.3) is 0 Å². The Kier molecular flexibility index (Phi) is 4.30. The molecule has 0 spiro atoms. The van der Waals surface area contributed by atoms with Gasteiger partial charge in [-0.15, -0.1) is 0 Å². The highest BCUT2D eigenvalue weighted by Gasteiger charge is 2.28. The zero-order chi connectivity index (χ0) is 21.5. The third-order valence-corrected chi connectivity index (χ3v) is 7.26. The second kappa shape index (κ2) is 6.58. The fourth-order valence-electron chi connectivity index (χ4n) is 5.77. The van der Waals surface area contributed by atoms with Crippen molar-refractivity contribution in [2.45, 2.75) is 79.1 Å². The van der Waals surface area contributed by atoms with E-state index in [0.29, 0.717) is 23.7 Å². The Labute approximate surface area is 181 Å². The predicted molar refractivity (Wildman–Crippen MR) is 134 cm³/mol. The van der Waals surface area contributed by atoms with Crippen LogP contribution >= 0.6 is 0 Å². The van der Waals surface area contributed by atoms with Crippen LogP contribution < -0.4 is 0 Å². The van der Waals surface area contributed by atoms with Gasteiger partial charge in [-0.3, -0.25) is 0 Å². The largest absolute Gasteiger partial charge is 0.0587 e. The summed E-state index contributed by atoms with van der Waals surface area (Å²) in [5, 5.41) is 8.94. The second-order valence-electron chi connectivity index (χ2n) is 10.6. The van der Waals surface area contributed by atoms with Crippen LogP contribution in [0.25, 0.3) is 43.4 Å². The Morgan fingerprint density at radius 1 is 0.433 bits per heavy atom. The molecule has 0 bridgehead atoms. The van der Waals surface area contributed by atoms with Crippen LogP contribution in [-0.4, -0.2) is 0 Å². The first-order valence-electron chi connectivity index (χ1n) is 11.7. The van der Waals surface area contributed by atoms with Gasteiger partial charge in [-0.2, -0.15) is 0 Å². The summed E-state index contributed by atoms with van der Waals surface area (Å²) in [7, 11) is 0. The fourth-order valence-corrected chi connectivity index (χ4v) is 5.77. The van der Waals surface area contributed by atoms with Gasteiger partial charge in [0.1, 0.15) is 0 Å². The van der Waals surface area contributed by atoms with Crippen molar-refractivity contribution in [1.82, 2.24) is 0 Å². The molecule has 0 atom stereocenters. The quantitative estimate of drug-likeness (QED) is 0.266. The van der Waals surface area contributed by atoms with E-state index in [9.17, 15) is 0 Å². The lowest BCUT2D eigenvalue weighted by atomic mass is 9.83. The van der Waals surface area contributed by atoms with E-state index in [-0.39, 0.29) is 0 Å². The number of benzene rings is 4. The van der Waals surface area contributed by atoms with Crippen molar-refractivity contribution in [1.29, 1.82) is 0 Å². The lowest BCUT2D eigenvalue weighted by Crippen LogP contribution is -1.99. The highest BCUT2D eigenvalue weighted by atomic mass is 14.3. The van der Waals surface area contributed by atoms with Gasteiger partial charge < -0.3 is 0 Å². The van der Waals surface area contributed by atoms with E-state index in [1.54, 1.807) is 0 Å². The van der Waals surface area contributed by atoms with Gasteiger partial charge in [0, 0.05) is 0 Å². The van der Waals surface area contributed by atoms with Crippen molar-refractivity contribution in [3.8, 4) is 11.1 Å². The molecule has 0 aromatic heterocycles. The van der Waals surface area contributed by atoms with E-state index in [0.717, 1.165) is 0 Å². The Bertz CT molecular complexity index is 1330. The Morgan fingerprint density at radius 2 is 0.967 bits per heavy atom. The number of hydrogen-bond acceptors (Lipinski definition) is 0. The smallest absolute Gasteiger partial charge is 0.00111 e. The molecule has 30 heavy (non-hydrogen) atoms. The minimum absolute atomic E-state index is 0.510. The van der Waals surface area contributed by atoms with Gasteiger partial charge in [-0.05, 0) is 95.4 Å². The molecular weight excluding hydrogens is 360 g/mol. The molecule has 0 N–H and O–H groups in total. The maximum atomic E-state index is 2.52. The summed E-state index contributed by atoms with van der Waals surface area (Å²) >= 11 is 0. The van der Waals surface area contributed by atoms with Crippen LogP contribution in [0.5, 0.6) is 0 Å². The molecule has 0 unspecified atom stereocenters. The lowest BCUT2D eigenvalue weighted by molar-refractivity contribution is 0.842. The molecule has 0 aliphatic heterocycles. The minimum atomic E-state index is 0.510. The summed E-state index contributed by atoms with van der Waals surface area (Å²) < 4.78 is 0. The molecule has 1 aliphatic rings. The first-order chi connectivity index (χ1) is 14.2. The summed E-state index contributed by atoms with van der Waals surface area (Å²) in [5.74, 6) is 2.07. The fraction of sp³-hybridized carbons (Fsp3) is 0.400. The average molecular weight is 395 g/mol. The monoisotopic (exact) mass is 394 g/mol. The molecule has 0 nitrogen and oxygen atoms in total. The zero-order valence-electron chi connectivity index (χ0n) is 19.8. The molecule has 0 heteroatoms. The predicted octanol–water partition coefficient (Wildman–Crippen LogP) is 9.62. The Balaban J connectivity index is 2.12. The van der Waals surface area contributed by atoms with Crippen molar-refractivity contribution in [3.63, 3.8) is 0 Å². The molecule has 154 valence electrons. The molecule has 4 aromatic rings. The van der Waals surface area contributed by atoms with Crippen molar-refractivity contribution >= 4 is 32.3 Å². The van der Waals surface area contributed by atoms with Gasteiger partial charge in [0.05, 0.1) is 0 Å². The van der Waals surface area contributed by atoms with Crippen LogP contribution in [0, 0.1) is 0 Å². The topological polar surface area (TPSA) is 0 Å². The van der Waals surface area contributed by atoms with E-state index >= 15 is 0 Å². The highest BCUT2D eigenvalue weighted by Crippen LogP contribution is 2.54. The van der Waals surface area contributed by atoms with Crippen molar-refractivity contribution < 1.29 is 0 Å². The second-order valence-corrected chi connectivity index (χ2v) is 10.6. The molecule has 0 amide bonds. The van der Waals surface area contributed by atoms with E-state index in [4.69, 9.17) is 0 Å². The molecule has 4 aromatic carbocycles. The van der Waals surface area contributed by atoms with Gasteiger partial charge >= 0.3 is 0 Å². The molecular formula is C30H34. The summed E-state index contributed by atoms with van der Waals surface area (Å²) in [5.41, 5.74) is 8.95. The van der Waals surface area contributed by atoms with Gasteiger partial charge in [-0.25, -0.2) is 0 Å². The number of rotatable bonds is 4. The van der Waals surface area contributed by atoms with Crippen LogP contribution in [0.15, 0.2) is 36.4 Å². The molecule has 0 heterocycles. The van der Waals surface area contributed by atoms with E-state index in [1.165, 1.54) is 65.7 Å². The van der Waals surface area contributed by atoms with Crippen LogP contribution in [0.2, 0.25) is 0 Å². The van der Waals surface area contributed by atoms with E-state index in [1.807, 2.05) is 0 Å². The van der Waals surface area contributed by atoms with Gasteiger partial charge in [-0.1, -0.05) is 85.7 Å². The van der Waals surface area contributed by atoms with Crippen molar-refractivity contribution in [3.05, 3.63) is 58.7 Å². The van der Waals surface area contributed by atoms with Crippen LogP contribution in [0.1, 0.15) is 101 Å². The Morgan fingerprint density at radius 3 is 1.53 bits per heavy atom. The van der Waals surface area contributed by atoms with Gasteiger partial charge in [0.2, 0.25) is 0 Å². The third-order valence-electron chi connectivity index (χ3n) is 7.26. The molecule has 1 aliphatic carbocycles. The highest BCUT2D eigenvalue weighted by molar-refractivity contribution is 6.34. The third kappa shape index (κ3) is 2.46. The summed E-state index contributed by atoms with van der Waals surface area (Å²) in [6.07, 6.45) is 0.